The van der Waals surface area contributed by atoms with E-state index < -0.39 is 17.8 Å². The second-order valence-corrected chi connectivity index (χ2v) is 6.92. The molecule has 1 N–H and O–H groups in total. The van der Waals surface area contributed by atoms with E-state index in [2.05, 4.69) is 11.4 Å². The van der Waals surface area contributed by atoms with Crippen molar-refractivity contribution in [2.24, 2.45) is 5.92 Å². The Morgan fingerprint density at radius 2 is 1.88 bits per heavy atom. The number of nitrogens with one attached hydrogen (secondary N) is 1. The molecule has 1 heterocycles. The molecule has 26 heavy (non-hydrogen) atoms. The van der Waals surface area contributed by atoms with E-state index in [1.165, 1.54) is 13.0 Å². The highest BCUT2D eigenvalue weighted by molar-refractivity contribution is 5.95. The monoisotopic (exact) mass is 357 g/mol. The van der Waals surface area contributed by atoms with Gasteiger partial charge in [0.2, 0.25) is 0 Å². The van der Waals surface area contributed by atoms with Crippen LogP contribution in [0.4, 0.5) is 18.9 Å². The minimum Gasteiger partial charge on any atom is -0.378 e. The molecule has 0 saturated heterocycles. The predicted molar refractivity (Wildman–Crippen MR) is 94.2 cm³/mol. The third-order valence-electron chi connectivity index (χ3n) is 5.37. The first kappa shape index (κ1) is 16.9. The number of benzene rings is 2. The van der Waals surface area contributed by atoms with Gasteiger partial charge in [0.15, 0.2) is 5.78 Å². The maximum atomic E-state index is 13.5. The second-order valence-electron chi connectivity index (χ2n) is 6.92. The van der Waals surface area contributed by atoms with Gasteiger partial charge in [0.25, 0.3) is 0 Å². The first-order valence-corrected chi connectivity index (χ1v) is 8.60. The first-order valence-electron chi connectivity index (χ1n) is 8.60. The van der Waals surface area contributed by atoms with Crippen molar-refractivity contribution in [2.45, 2.75) is 31.5 Å². The minimum absolute atomic E-state index is 0.00629. The second kappa shape index (κ2) is 6.01. The topological polar surface area (TPSA) is 29.1 Å². The lowest BCUT2D eigenvalue weighted by atomic mass is 9.75. The van der Waals surface area contributed by atoms with E-state index in [1.807, 2.05) is 12.1 Å². The fraction of sp³-hybridized carbons (Fsp3) is 0.286. The van der Waals surface area contributed by atoms with Crippen molar-refractivity contribution in [1.29, 1.82) is 0 Å². The number of rotatable bonds is 2. The smallest absolute Gasteiger partial charge is 0.378 e. The Morgan fingerprint density at radius 1 is 1.12 bits per heavy atom. The van der Waals surface area contributed by atoms with Crippen molar-refractivity contribution in [3.63, 3.8) is 0 Å². The number of Topliss-reactive ketones (excluding diaryl/α,β-unsaturated/α-hetero) is 1. The third-order valence-corrected chi connectivity index (χ3v) is 5.37. The molecule has 3 atom stereocenters. The van der Waals surface area contributed by atoms with E-state index in [-0.39, 0.29) is 23.2 Å². The lowest BCUT2D eigenvalue weighted by Crippen LogP contribution is -2.31. The maximum Gasteiger partial charge on any atom is 0.416 e. The average molecular weight is 357 g/mol. The number of hydrogen-bond donors (Lipinski definition) is 1. The first-order chi connectivity index (χ1) is 12.4. The summed E-state index contributed by atoms with van der Waals surface area (Å²) in [7, 11) is 0. The van der Waals surface area contributed by atoms with Crippen LogP contribution in [-0.4, -0.2) is 5.78 Å². The summed E-state index contributed by atoms with van der Waals surface area (Å²) in [5, 5.41) is 3.31. The quantitative estimate of drug-likeness (QED) is 0.549. The zero-order valence-corrected chi connectivity index (χ0v) is 14.2. The number of fused-ring (bicyclic) bond motifs is 3. The van der Waals surface area contributed by atoms with Crippen LogP contribution in [0.25, 0.3) is 0 Å². The van der Waals surface area contributed by atoms with Crippen molar-refractivity contribution in [1.82, 2.24) is 0 Å². The summed E-state index contributed by atoms with van der Waals surface area (Å²) in [6.45, 7) is 1.52. The molecule has 1 aliphatic heterocycles. The van der Waals surface area contributed by atoms with Crippen LogP contribution in [0.1, 0.15) is 52.4 Å². The van der Waals surface area contributed by atoms with Crippen LogP contribution in [0.3, 0.4) is 0 Å². The Kier molecular flexibility index (Phi) is 3.90. The van der Waals surface area contributed by atoms with Gasteiger partial charge in [0.1, 0.15) is 0 Å². The number of halogens is 3. The maximum absolute atomic E-state index is 13.5. The summed E-state index contributed by atoms with van der Waals surface area (Å²) in [6, 6.07) is 10.7. The largest absolute Gasteiger partial charge is 0.416 e. The van der Waals surface area contributed by atoms with Gasteiger partial charge < -0.3 is 5.32 Å². The summed E-state index contributed by atoms with van der Waals surface area (Å²) in [6.07, 6.45) is 0.393. The molecule has 4 rings (SSSR count). The van der Waals surface area contributed by atoms with Crippen LogP contribution in [0.2, 0.25) is 0 Å². The zero-order valence-electron chi connectivity index (χ0n) is 14.2. The highest BCUT2D eigenvalue weighted by Gasteiger charge is 2.42. The standard InChI is InChI=1S/C21H18F3NO/c1-12(26)13-9-10-19-17(11-13)14-6-4-7-15(14)20(25-19)16-5-2-3-8-18(16)21(22,23)24/h2-6,8-11,14-15,20,25H,7H2,1H3/t14-,15+,20-/m1/s1. The fourth-order valence-electron chi connectivity index (χ4n) is 4.15. The van der Waals surface area contributed by atoms with Crippen LogP contribution in [-0.2, 0) is 6.18 Å². The molecule has 0 amide bonds. The minimum atomic E-state index is -4.39. The molecule has 2 aromatic rings. The Bertz CT molecular complexity index is 900. The molecule has 0 spiro atoms. The number of carbonyl (C=O) groups is 1. The van der Waals surface area contributed by atoms with E-state index in [0.29, 0.717) is 12.0 Å². The molecule has 0 aromatic heterocycles. The van der Waals surface area contributed by atoms with Crippen LogP contribution in [0.5, 0.6) is 0 Å². The number of carbonyl (C=O) groups excluding carboxylic acids is 1. The lowest BCUT2D eigenvalue weighted by molar-refractivity contribution is -0.138. The number of hydrogen-bond acceptors (Lipinski definition) is 2. The average Bonchev–Trinajstić information content (AvgIpc) is 3.10. The Hall–Kier alpha value is -2.56. The van der Waals surface area contributed by atoms with Gasteiger partial charge in [0.05, 0.1) is 11.6 Å². The van der Waals surface area contributed by atoms with E-state index >= 15 is 0 Å². The van der Waals surface area contributed by atoms with Crippen molar-refractivity contribution in [2.75, 3.05) is 5.32 Å². The number of allylic oxidation sites excluding steroid dienone is 2. The van der Waals surface area contributed by atoms with Crippen molar-refractivity contribution in [3.05, 3.63) is 76.9 Å². The lowest BCUT2D eigenvalue weighted by Gasteiger charge is -2.38. The van der Waals surface area contributed by atoms with E-state index in [1.54, 1.807) is 24.3 Å². The molecule has 2 aromatic carbocycles. The highest BCUT2D eigenvalue weighted by atomic mass is 19.4. The van der Waals surface area contributed by atoms with Gasteiger partial charge in [0, 0.05) is 17.2 Å². The molecule has 0 saturated carbocycles. The molecular weight excluding hydrogens is 339 g/mol. The molecule has 134 valence electrons. The van der Waals surface area contributed by atoms with Gasteiger partial charge in [-0.05, 0) is 54.7 Å². The normalized spacial score (nSPS) is 23.9. The zero-order chi connectivity index (χ0) is 18.5. The molecule has 0 bridgehead atoms. The summed E-state index contributed by atoms with van der Waals surface area (Å²) in [5.74, 6) is -0.0130. The van der Waals surface area contributed by atoms with E-state index in [4.69, 9.17) is 0 Å². The van der Waals surface area contributed by atoms with Gasteiger partial charge >= 0.3 is 6.18 Å². The molecule has 2 nitrogen and oxygen atoms in total. The Labute approximate surface area is 149 Å². The van der Waals surface area contributed by atoms with Gasteiger partial charge in [-0.2, -0.15) is 13.2 Å². The molecular formula is C21H18F3NO. The van der Waals surface area contributed by atoms with Gasteiger partial charge in [-0.1, -0.05) is 30.4 Å². The van der Waals surface area contributed by atoms with E-state index in [0.717, 1.165) is 17.3 Å². The molecule has 2 aliphatic rings. The number of ketones is 1. The summed E-state index contributed by atoms with van der Waals surface area (Å²) < 4.78 is 40.5. The van der Waals surface area contributed by atoms with Crippen LogP contribution in [0, 0.1) is 5.92 Å². The molecule has 0 unspecified atom stereocenters. The van der Waals surface area contributed by atoms with Gasteiger partial charge in [-0.25, -0.2) is 0 Å². The summed E-state index contributed by atoms with van der Waals surface area (Å²) >= 11 is 0. The summed E-state index contributed by atoms with van der Waals surface area (Å²) in [5.41, 5.74) is 2.09. The van der Waals surface area contributed by atoms with Crippen molar-refractivity contribution in [3.8, 4) is 0 Å². The number of alkyl halides is 3. The van der Waals surface area contributed by atoms with Gasteiger partial charge in [-0.3, -0.25) is 4.79 Å². The molecule has 0 radical (unpaired) electrons. The van der Waals surface area contributed by atoms with Crippen molar-refractivity contribution < 1.29 is 18.0 Å². The predicted octanol–water partition coefficient (Wildman–Crippen LogP) is 5.73. The third kappa shape index (κ3) is 2.71. The summed E-state index contributed by atoms with van der Waals surface area (Å²) in [4.78, 5) is 11.7. The SMILES string of the molecule is CC(=O)c1ccc2c(c1)[C@@H]1C=CC[C@@H]1[C@H](c1ccccc1C(F)(F)F)N2. The number of anilines is 1. The Morgan fingerprint density at radius 3 is 2.62 bits per heavy atom. The molecule has 1 aliphatic carbocycles. The molecule has 0 fully saturated rings. The van der Waals surface area contributed by atoms with Crippen LogP contribution < -0.4 is 5.32 Å². The van der Waals surface area contributed by atoms with E-state index in [9.17, 15) is 18.0 Å². The van der Waals surface area contributed by atoms with Crippen molar-refractivity contribution >= 4 is 11.5 Å². The van der Waals surface area contributed by atoms with Gasteiger partial charge in [-0.15, -0.1) is 0 Å². The van der Waals surface area contributed by atoms with Crippen LogP contribution >= 0.6 is 0 Å². The highest BCUT2D eigenvalue weighted by Crippen LogP contribution is 2.51. The Balaban J connectivity index is 1.81. The molecule has 5 heteroatoms. The van der Waals surface area contributed by atoms with Crippen LogP contribution in [0.15, 0.2) is 54.6 Å². The fourth-order valence-corrected chi connectivity index (χ4v) is 4.15.